The maximum atomic E-state index is 11.3. The van der Waals surface area contributed by atoms with E-state index in [1.54, 1.807) is 6.20 Å². The predicted molar refractivity (Wildman–Crippen MR) is 124 cm³/mol. The van der Waals surface area contributed by atoms with Crippen LogP contribution in [0, 0.1) is 0 Å². The number of benzene rings is 2. The summed E-state index contributed by atoms with van der Waals surface area (Å²) in [4.78, 5) is 22.7. The smallest absolute Gasteiger partial charge is 0.227 e. The van der Waals surface area contributed by atoms with Crippen LogP contribution in [0.15, 0.2) is 60.8 Å². The van der Waals surface area contributed by atoms with E-state index in [1.807, 2.05) is 30.3 Å². The summed E-state index contributed by atoms with van der Waals surface area (Å²) in [5, 5.41) is 6.67. The Bertz CT molecular complexity index is 1010. The van der Waals surface area contributed by atoms with Crippen LogP contribution in [0.25, 0.3) is 0 Å². The highest BCUT2D eigenvalue weighted by atomic mass is 16.1. The standard InChI is InChI=1S/C24H28N6O/c25-23(31)17-19-4-2-1-3-18(19)5-6-21-11-12-27-24(29-21)28-20-7-9-22(10-8-20)30-15-13-26-14-16-30/h1-4,7-12,26H,5-6,13-17H2,(H2,25,31)(H,27,28,29). The molecule has 1 aliphatic rings. The van der Waals surface area contributed by atoms with Crippen molar-refractivity contribution >= 4 is 23.2 Å². The third-order valence-electron chi connectivity index (χ3n) is 5.45. The number of carbonyl (C=O) groups is 1. The van der Waals surface area contributed by atoms with Crippen LogP contribution >= 0.6 is 0 Å². The Labute approximate surface area is 182 Å². The second-order valence-electron chi connectivity index (χ2n) is 7.69. The molecule has 0 unspecified atom stereocenters. The van der Waals surface area contributed by atoms with E-state index in [0.29, 0.717) is 5.95 Å². The highest BCUT2D eigenvalue weighted by Crippen LogP contribution is 2.20. The number of aryl methyl sites for hydroxylation is 2. The molecule has 1 aliphatic heterocycles. The van der Waals surface area contributed by atoms with Crippen LogP contribution < -0.4 is 21.3 Å². The molecule has 31 heavy (non-hydrogen) atoms. The fraction of sp³-hybridized carbons (Fsp3) is 0.292. The van der Waals surface area contributed by atoms with Gasteiger partial charge in [-0.1, -0.05) is 24.3 Å². The molecule has 1 saturated heterocycles. The number of aromatic nitrogens is 2. The monoisotopic (exact) mass is 416 g/mol. The lowest BCUT2D eigenvalue weighted by atomic mass is 9.99. The Morgan fingerprint density at radius 2 is 1.74 bits per heavy atom. The molecule has 0 bridgehead atoms. The van der Waals surface area contributed by atoms with Crippen molar-refractivity contribution in [2.75, 3.05) is 36.4 Å². The molecule has 160 valence electrons. The normalized spacial score (nSPS) is 13.7. The molecule has 0 saturated carbocycles. The molecule has 2 aromatic carbocycles. The molecule has 1 amide bonds. The number of nitrogens with one attached hydrogen (secondary N) is 2. The largest absolute Gasteiger partial charge is 0.369 e. The van der Waals surface area contributed by atoms with Crippen molar-refractivity contribution in [1.82, 2.24) is 15.3 Å². The van der Waals surface area contributed by atoms with Gasteiger partial charge < -0.3 is 21.3 Å². The van der Waals surface area contributed by atoms with Crippen LogP contribution in [-0.4, -0.2) is 42.1 Å². The summed E-state index contributed by atoms with van der Waals surface area (Å²) >= 11 is 0. The van der Waals surface area contributed by atoms with Gasteiger partial charge in [0.1, 0.15) is 0 Å². The van der Waals surface area contributed by atoms with E-state index in [-0.39, 0.29) is 12.3 Å². The Morgan fingerprint density at radius 3 is 2.48 bits per heavy atom. The first-order chi connectivity index (χ1) is 15.2. The van der Waals surface area contributed by atoms with Gasteiger partial charge in [-0.3, -0.25) is 4.79 Å². The molecule has 7 heteroatoms. The molecule has 0 spiro atoms. The molecule has 1 fully saturated rings. The van der Waals surface area contributed by atoms with Crippen LogP contribution in [0.4, 0.5) is 17.3 Å². The summed E-state index contributed by atoms with van der Waals surface area (Å²) in [5.74, 6) is 0.266. The number of hydrogen-bond acceptors (Lipinski definition) is 6. The molecule has 3 aromatic rings. The van der Waals surface area contributed by atoms with Crippen molar-refractivity contribution in [1.29, 1.82) is 0 Å². The van der Waals surface area contributed by atoms with Crippen molar-refractivity contribution in [3.8, 4) is 0 Å². The molecule has 0 atom stereocenters. The van der Waals surface area contributed by atoms with Crippen LogP contribution in [-0.2, 0) is 24.1 Å². The van der Waals surface area contributed by atoms with E-state index in [1.165, 1.54) is 5.69 Å². The SMILES string of the molecule is NC(=O)Cc1ccccc1CCc1ccnc(Nc2ccc(N3CCNCC3)cc2)n1. The lowest BCUT2D eigenvalue weighted by Gasteiger charge is -2.29. The summed E-state index contributed by atoms with van der Waals surface area (Å²) in [5.41, 5.74) is 10.6. The van der Waals surface area contributed by atoms with Crippen molar-refractivity contribution in [2.24, 2.45) is 5.73 Å². The van der Waals surface area contributed by atoms with E-state index in [2.05, 4.69) is 49.8 Å². The lowest BCUT2D eigenvalue weighted by molar-refractivity contribution is -0.117. The molecular formula is C24H28N6O. The molecule has 0 aliphatic carbocycles. The van der Waals surface area contributed by atoms with E-state index in [9.17, 15) is 4.79 Å². The average Bonchev–Trinajstić information content (AvgIpc) is 2.79. The number of nitrogens with zero attached hydrogens (tertiary/aromatic N) is 3. The summed E-state index contributed by atoms with van der Waals surface area (Å²) in [6.45, 7) is 4.10. The highest BCUT2D eigenvalue weighted by molar-refractivity contribution is 5.77. The van der Waals surface area contributed by atoms with Crippen molar-refractivity contribution < 1.29 is 4.79 Å². The first kappa shape index (κ1) is 20.8. The van der Waals surface area contributed by atoms with Gasteiger partial charge in [0.2, 0.25) is 11.9 Å². The number of rotatable bonds is 8. The summed E-state index contributed by atoms with van der Waals surface area (Å²) < 4.78 is 0. The topological polar surface area (TPSA) is 96.2 Å². The van der Waals surface area contributed by atoms with Crippen molar-refractivity contribution in [3.63, 3.8) is 0 Å². The Balaban J connectivity index is 1.38. The van der Waals surface area contributed by atoms with E-state index in [0.717, 1.165) is 61.5 Å². The quantitative estimate of drug-likeness (QED) is 0.522. The number of nitrogens with two attached hydrogens (primary N) is 1. The van der Waals surface area contributed by atoms with Gasteiger partial charge in [0.15, 0.2) is 0 Å². The van der Waals surface area contributed by atoms with Gasteiger partial charge in [0.05, 0.1) is 6.42 Å². The van der Waals surface area contributed by atoms with Crippen LogP contribution in [0.1, 0.15) is 16.8 Å². The maximum absolute atomic E-state index is 11.3. The highest BCUT2D eigenvalue weighted by Gasteiger charge is 2.10. The van der Waals surface area contributed by atoms with Gasteiger partial charge in [0.25, 0.3) is 0 Å². The third kappa shape index (κ3) is 5.79. The van der Waals surface area contributed by atoms with E-state index in [4.69, 9.17) is 5.73 Å². The summed E-state index contributed by atoms with van der Waals surface area (Å²) in [7, 11) is 0. The molecule has 0 radical (unpaired) electrons. The lowest BCUT2D eigenvalue weighted by Crippen LogP contribution is -2.43. The van der Waals surface area contributed by atoms with Gasteiger partial charge in [-0.2, -0.15) is 0 Å². The minimum Gasteiger partial charge on any atom is -0.369 e. The summed E-state index contributed by atoms with van der Waals surface area (Å²) in [6.07, 6.45) is 3.58. The summed E-state index contributed by atoms with van der Waals surface area (Å²) in [6, 6.07) is 18.2. The molecular weight excluding hydrogens is 388 g/mol. The van der Waals surface area contributed by atoms with Crippen molar-refractivity contribution in [3.05, 3.63) is 77.6 Å². The number of amides is 1. The van der Waals surface area contributed by atoms with E-state index < -0.39 is 0 Å². The van der Waals surface area contributed by atoms with Crippen LogP contribution in [0.3, 0.4) is 0 Å². The number of hydrogen-bond donors (Lipinski definition) is 3. The Morgan fingerprint density at radius 1 is 1.00 bits per heavy atom. The number of primary amides is 1. The van der Waals surface area contributed by atoms with Gasteiger partial charge in [-0.05, 0) is 54.3 Å². The van der Waals surface area contributed by atoms with Gasteiger partial charge in [0, 0.05) is 49.4 Å². The molecule has 7 nitrogen and oxygen atoms in total. The molecule has 4 rings (SSSR count). The van der Waals surface area contributed by atoms with Crippen LogP contribution in [0.5, 0.6) is 0 Å². The minimum absolute atomic E-state index is 0.261. The second-order valence-corrected chi connectivity index (χ2v) is 7.69. The second kappa shape index (κ2) is 10.0. The van der Waals surface area contributed by atoms with Gasteiger partial charge >= 0.3 is 0 Å². The number of anilines is 3. The maximum Gasteiger partial charge on any atom is 0.227 e. The molecule has 1 aromatic heterocycles. The van der Waals surface area contributed by atoms with Crippen LogP contribution in [0.2, 0.25) is 0 Å². The first-order valence-corrected chi connectivity index (χ1v) is 10.7. The zero-order valence-corrected chi connectivity index (χ0v) is 17.6. The average molecular weight is 417 g/mol. The minimum atomic E-state index is -0.316. The zero-order chi connectivity index (χ0) is 21.5. The fourth-order valence-electron chi connectivity index (χ4n) is 3.83. The number of piperazine rings is 1. The predicted octanol–water partition coefficient (Wildman–Crippen LogP) is 2.44. The molecule has 2 heterocycles. The Hall–Kier alpha value is -3.45. The zero-order valence-electron chi connectivity index (χ0n) is 17.6. The van der Waals surface area contributed by atoms with Crippen molar-refractivity contribution in [2.45, 2.75) is 19.3 Å². The Kier molecular flexibility index (Phi) is 6.74. The first-order valence-electron chi connectivity index (χ1n) is 10.7. The molecule has 4 N–H and O–H groups in total. The van der Waals surface area contributed by atoms with Gasteiger partial charge in [-0.15, -0.1) is 0 Å². The fourth-order valence-corrected chi connectivity index (χ4v) is 3.83. The van der Waals surface area contributed by atoms with E-state index >= 15 is 0 Å². The third-order valence-corrected chi connectivity index (χ3v) is 5.45. The van der Waals surface area contributed by atoms with Gasteiger partial charge in [-0.25, -0.2) is 9.97 Å². The number of carbonyl (C=O) groups excluding carboxylic acids is 1.